The van der Waals surface area contributed by atoms with Gasteiger partial charge in [-0.05, 0) is 17.7 Å². The third-order valence-corrected chi connectivity index (χ3v) is 4.98. The molecule has 0 saturated heterocycles. The first-order valence-corrected chi connectivity index (χ1v) is 9.58. The van der Waals surface area contributed by atoms with Crippen LogP contribution in [-0.4, -0.2) is 21.4 Å². The van der Waals surface area contributed by atoms with E-state index in [2.05, 4.69) is 25.7 Å². The first-order chi connectivity index (χ1) is 13.8. The summed E-state index contributed by atoms with van der Waals surface area (Å²) in [7, 11) is 0. The zero-order valence-corrected chi connectivity index (χ0v) is 16.8. The van der Waals surface area contributed by atoms with Gasteiger partial charge in [-0.3, -0.25) is 10.1 Å². The van der Waals surface area contributed by atoms with E-state index >= 15 is 0 Å². The fraction of sp³-hybridized carbons (Fsp3) is 0.318. The molecular formula is C22H24N4O3. The molecule has 4 rings (SSSR count). The molecule has 0 atom stereocenters. The number of non-ortho nitro benzene ring substituents is 1. The number of benzene rings is 2. The van der Waals surface area contributed by atoms with Crippen LogP contribution in [0.25, 0.3) is 5.69 Å². The second kappa shape index (κ2) is 7.33. The molecule has 1 aliphatic heterocycles. The van der Waals surface area contributed by atoms with Crippen LogP contribution in [0.1, 0.15) is 37.6 Å². The Balaban J connectivity index is 1.77. The second-order valence-corrected chi connectivity index (χ2v) is 8.25. The zero-order valence-electron chi connectivity index (χ0n) is 16.8. The number of hydrogen-bond donors (Lipinski definition) is 0. The maximum atomic E-state index is 10.9. The molecular weight excluding hydrogens is 368 g/mol. The number of ether oxygens (including phenoxy) is 1. The van der Waals surface area contributed by atoms with Gasteiger partial charge in [0.1, 0.15) is 12.5 Å². The van der Waals surface area contributed by atoms with Gasteiger partial charge in [0.2, 0.25) is 0 Å². The van der Waals surface area contributed by atoms with E-state index < -0.39 is 0 Å². The van der Waals surface area contributed by atoms with Crippen molar-refractivity contribution >= 4 is 11.5 Å². The maximum absolute atomic E-state index is 10.9. The van der Waals surface area contributed by atoms with Crippen molar-refractivity contribution in [2.45, 2.75) is 39.3 Å². The normalized spacial score (nSPS) is 14.0. The van der Waals surface area contributed by atoms with Gasteiger partial charge < -0.3 is 9.64 Å². The number of nitrogens with zero attached hydrogens (tertiary/aromatic N) is 4. The van der Waals surface area contributed by atoms with Gasteiger partial charge in [-0.25, -0.2) is 4.68 Å². The molecule has 0 fully saturated rings. The third kappa shape index (κ3) is 3.73. The van der Waals surface area contributed by atoms with Gasteiger partial charge in [0.25, 0.3) is 5.69 Å². The quantitative estimate of drug-likeness (QED) is 0.480. The van der Waals surface area contributed by atoms with E-state index in [0.29, 0.717) is 19.9 Å². The van der Waals surface area contributed by atoms with Gasteiger partial charge in [0.15, 0.2) is 0 Å². The fourth-order valence-corrected chi connectivity index (χ4v) is 3.63. The average molecular weight is 392 g/mol. The number of fused-ring (bicyclic) bond motifs is 1. The van der Waals surface area contributed by atoms with Crippen LogP contribution in [0.3, 0.4) is 0 Å². The lowest BCUT2D eigenvalue weighted by molar-refractivity contribution is -0.384. The second-order valence-electron chi connectivity index (χ2n) is 8.25. The van der Waals surface area contributed by atoms with E-state index in [1.54, 1.807) is 12.1 Å². The van der Waals surface area contributed by atoms with E-state index in [1.807, 2.05) is 35.0 Å². The molecule has 150 valence electrons. The maximum Gasteiger partial charge on any atom is 0.269 e. The summed E-state index contributed by atoms with van der Waals surface area (Å²) in [6, 6.07) is 16.7. The standard InChI is InChI=1S/C22H24N4O3/c1-22(2,3)20-19-14-29-15-24(13-16-9-11-18(12-10-16)26(27)28)21(19)25(23-20)17-7-5-4-6-8-17/h4-12H,13-15H2,1-3H3. The smallest absolute Gasteiger partial charge is 0.269 e. The molecule has 1 aromatic heterocycles. The largest absolute Gasteiger partial charge is 0.356 e. The van der Waals surface area contributed by atoms with Crippen molar-refractivity contribution in [1.82, 2.24) is 9.78 Å². The van der Waals surface area contributed by atoms with E-state index in [4.69, 9.17) is 9.84 Å². The highest BCUT2D eigenvalue weighted by Gasteiger charge is 2.32. The molecule has 0 saturated carbocycles. The summed E-state index contributed by atoms with van der Waals surface area (Å²) < 4.78 is 7.88. The predicted molar refractivity (Wildman–Crippen MR) is 111 cm³/mol. The van der Waals surface area contributed by atoms with Crippen molar-refractivity contribution in [3.8, 4) is 5.69 Å². The molecule has 0 unspecified atom stereocenters. The van der Waals surface area contributed by atoms with Crippen molar-refractivity contribution in [3.05, 3.63) is 81.5 Å². The van der Waals surface area contributed by atoms with Gasteiger partial charge >= 0.3 is 0 Å². The molecule has 7 heteroatoms. The lowest BCUT2D eigenvalue weighted by Crippen LogP contribution is -2.32. The Bertz CT molecular complexity index is 1020. The number of anilines is 1. The Kier molecular flexibility index (Phi) is 4.84. The fourth-order valence-electron chi connectivity index (χ4n) is 3.63. The van der Waals surface area contributed by atoms with Gasteiger partial charge in [0, 0.05) is 29.7 Å². The summed E-state index contributed by atoms with van der Waals surface area (Å²) in [5.74, 6) is 1.02. The molecule has 0 amide bonds. The SMILES string of the molecule is CC(C)(C)c1nn(-c2ccccc2)c2c1COCN2Cc1ccc([N+](=O)[O-])cc1. The number of aromatic nitrogens is 2. The van der Waals surface area contributed by atoms with Crippen molar-refractivity contribution in [3.63, 3.8) is 0 Å². The molecule has 1 aliphatic rings. The van der Waals surface area contributed by atoms with Crippen LogP contribution in [0.2, 0.25) is 0 Å². The van der Waals surface area contributed by atoms with Crippen LogP contribution in [-0.2, 0) is 23.3 Å². The van der Waals surface area contributed by atoms with Crippen LogP contribution in [0.15, 0.2) is 54.6 Å². The van der Waals surface area contributed by atoms with Crippen molar-refractivity contribution < 1.29 is 9.66 Å². The van der Waals surface area contributed by atoms with Crippen molar-refractivity contribution in [1.29, 1.82) is 0 Å². The van der Waals surface area contributed by atoms with Gasteiger partial charge in [-0.15, -0.1) is 0 Å². The number of rotatable bonds is 4. The molecule has 0 radical (unpaired) electrons. The van der Waals surface area contributed by atoms with E-state index in [1.165, 1.54) is 12.1 Å². The van der Waals surface area contributed by atoms with E-state index in [0.717, 1.165) is 28.3 Å². The molecule has 29 heavy (non-hydrogen) atoms. The van der Waals surface area contributed by atoms with Gasteiger partial charge in [-0.2, -0.15) is 5.10 Å². The Labute approximate surface area is 169 Å². The number of para-hydroxylation sites is 1. The first-order valence-electron chi connectivity index (χ1n) is 9.58. The highest BCUT2D eigenvalue weighted by molar-refractivity contribution is 5.57. The molecule has 0 spiro atoms. The molecule has 2 aromatic carbocycles. The Hall–Kier alpha value is -3.19. The van der Waals surface area contributed by atoms with Crippen molar-refractivity contribution in [2.24, 2.45) is 0 Å². The lowest BCUT2D eigenvalue weighted by Gasteiger charge is -2.31. The molecule has 0 aliphatic carbocycles. The monoisotopic (exact) mass is 392 g/mol. The molecule has 3 aromatic rings. The average Bonchev–Trinajstić information content (AvgIpc) is 3.10. The van der Waals surface area contributed by atoms with Crippen LogP contribution < -0.4 is 4.90 Å². The highest BCUT2D eigenvalue weighted by Crippen LogP contribution is 2.37. The van der Waals surface area contributed by atoms with Crippen LogP contribution in [0.5, 0.6) is 0 Å². The minimum absolute atomic E-state index is 0.0914. The zero-order chi connectivity index (χ0) is 20.6. The lowest BCUT2D eigenvalue weighted by atomic mass is 9.89. The predicted octanol–water partition coefficient (Wildman–Crippen LogP) is 4.57. The Morgan fingerprint density at radius 3 is 2.41 bits per heavy atom. The van der Waals surface area contributed by atoms with Crippen LogP contribution in [0.4, 0.5) is 11.5 Å². The third-order valence-electron chi connectivity index (χ3n) is 4.98. The highest BCUT2D eigenvalue weighted by atomic mass is 16.6. The van der Waals surface area contributed by atoms with Crippen LogP contribution >= 0.6 is 0 Å². The van der Waals surface area contributed by atoms with Crippen LogP contribution in [0, 0.1) is 10.1 Å². The van der Waals surface area contributed by atoms with Gasteiger partial charge in [-0.1, -0.05) is 51.1 Å². The topological polar surface area (TPSA) is 73.4 Å². The summed E-state index contributed by atoms with van der Waals surface area (Å²) in [5, 5.41) is 15.9. The summed E-state index contributed by atoms with van der Waals surface area (Å²) in [5.41, 5.74) is 4.05. The van der Waals surface area contributed by atoms with Gasteiger partial charge in [0.05, 0.1) is 22.9 Å². The summed E-state index contributed by atoms with van der Waals surface area (Å²) in [6.45, 7) is 7.99. The number of hydrogen-bond acceptors (Lipinski definition) is 5. The molecule has 0 bridgehead atoms. The number of nitro groups is 1. The summed E-state index contributed by atoms with van der Waals surface area (Å²) in [4.78, 5) is 12.7. The minimum atomic E-state index is -0.383. The summed E-state index contributed by atoms with van der Waals surface area (Å²) >= 11 is 0. The van der Waals surface area contributed by atoms with Crippen molar-refractivity contribution in [2.75, 3.05) is 11.6 Å². The summed E-state index contributed by atoms with van der Waals surface area (Å²) in [6.07, 6.45) is 0. The number of nitro benzene ring substituents is 1. The van der Waals surface area contributed by atoms with E-state index in [9.17, 15) is 10.1 Å². The Morgan fingerprint density at radius 1 is 1.10 bits per heavy atom. The molecule has 2 heterocycles. The minimum Gasteiger partial charge on any atom is -0.356 e. The first kappa shape index (κ1) is 19.1. The van der Waals surface area contributed by atoms with E-state index in [-0.39, 0.29) is 16.0 Å². The molecule has 7 nitrogen and oxygen atoms in total. The Morgan fingerprint density at radius 2 is 1.79 bits per heavy atom. The molecule has 0 N–H and O–H groups in total.